The highest BCUT2D eigenvalue weighted by atomic mass is 79.9. The summed E-state index contributed by atoms with van der Waals surface area (Å²) >= 11 is 3.46. The lowest BCUT2D eigenvalue weighted by Gasteiger charge is -2.18. The molecule has 1 atom stereocenters. The maximum absolute atomic E-state index is 13.7. The van der Waals surface area contributed by atoms with Gasteiger partial charge in [0.1, 0.15) is 5.75 Å². The third kappa shape index (κ3) is 6.27. The lowest BCUT2D eigenvalue weighted by molar-refractivity contribution is -0.144. The van der Waals surface area contributed by atoms with E-state index < -0.39 is 12.1 Å². The molecular formula is C31H32BrN3O6. The summed E-state index contributed by atoms with van der Waals surface area (Å²) in [6.07, 6.45) is 0.444. The van der Waals surface area contributed by atoms with Crippen LogP contribution in [0, 0.1) is 6.92 Å². The number of fused-ring (bicyclic) bond motifs is 1. The van der Waals surface area contributed by atoms with Crippen molar-refractivity contribution in [1.29, 1.82) is 0 Å². The molecule has 0 bridgehead atoms. The molecule has 0 aliphatic carbocycles. The van der Waals surface area contributed by atoms with E-state index in [-0.39, 0.29) is 17.2 Å². The molecule has 0 unspecified atom stereocenters. The van der Waals surface area contributed by atoms with Gasteiger partial charge in [-0.05, 0) is 95.7 Å². The van der Waals surface area contributed by atoms with Crippen LogP contribution in [-0.4, -0.2) is 46.8 Å². The Bertz CT molecular complexity index is 1700. The van der Waals surface area contributed by atoms with Crippen LogP contribution in [-0.2, 0) is 4.79 Å². The number of ether oxygens (including phenoxy) is 3. The predicted molar refractivity (Wildman–Crippen MR) is 163 cm³/mol. The van der Waals surface area contributed by atoms with Crippen molar-refractivity contribution in [2.75, 3.05) is 13.7 Å². The number of rotatable bonds is 10. The van der Waals surface area contributed by atoms with Gasteiger partial charge in [-0.3, -0.25) is 4.79 Å². The summed E-state index contributed by atoms with van der Waals surface area (Å²) in [5.74, 6) is 0.841. The van der Waals surface area contributed by atoms with Crippen LogP contribution in [0.1, 0.15) is 50.3 Å². The number of nitrogens with zero attached hydrogens (tertiary/aromatic N) is 3. The van der Waals surface area contributed by atoms with Gasteiger partial charge in [0.15, 0.2) is 23.4 Å². The van der Waals surface area contributed by atoms with Gasteiger partial charge < -0.3 is 19.3 Å². The van der Waals surface area contributed by atoms with E-state index in [2.05, 4.69) is 34.9 Å². The third-order valence-corrected chi connectivity index (χ3v) is 7.08. The molecular weight excluding hydrogens is 590 g/mol. The lowest BCUT2D eigenvalue weighted by Crippen LogP contribution is -2.23. The van der Waals surface area contributed by atoms with Crippen molar-refractivity contribution >= 4 is 39.0 Å². The quantitative estimate of drug-likeness (QED) is 0.204. The Kier molecular flexibility index (Phi) is 9.12. The standard InChI is InChI=1S/C31H32BrN3O6/c1-7-40-27-14-20(13-24(32)28(27)41-19(5)31(37)38)16-33-35-29(34-25-11-9-8-10-21(25)30(35)36)23-15-22(17(2)3)26(39-6)12-18(23)4/h8-17,19H,7H2,1-6H3,(H,37,38)/t19-/m1/s1. The van der Waals surface area contributed by atoms with Gasteiger partial charge in [0.25, 0.3) is 5.56 Å². The highest BCUT2D eigenvalue weighted by Gasteiger charge is 2.20. The zero-order chi connectivity index (χ0) is 29.8. The Hall–Kier alpha value is -4.18. The van der Waals surface area contributed by atoms with E-state index in [9.17, 15) is 14.7 Å². The van der Waals surface area contributed by atoms with Crippen molar-refractivity contribution in [2.24, 2.45) is 5.10 Å². The number of carboxylic acids is 1. The highest BCUT2D eigenvalue weighted by Crippen LogP contribution is 2.38. The van der Waals surface area contributed by atoms with Gasteiger partial charge in [0.2, 0.25) is 0 Å². The van der Waals surface area contributed by atoms with E-state index in [1.807, 2.05) is 32.0 Å². The smallest absolute Gasteiger partial charge is 0.344 e. The first kappa shape index (κ1) is 29.8. The van der Waals surface area contributed by atoms with Crippen molar-refractivity contribution in [2.45, 2.75) is 46.6 Å². The summed E-state index contributed by atoms with van der Waals surface area (Å²) in [6, 6.07) is 14.5. The Balaban J connectivity index is 1.90. The number of halogens is 1. The van der Waals surface area contributed by atoms with Crippen molar-refractivity contribution in [3.8, 4) is 28.6 Å². The second kappa shape index (κ2) is 12.6. The van der Waals surface area contributed by atoms with Gasteiger partial charge in [-0.2, -0.15) is 9.78 Å². The first-order chi connectivity index (χ1) is 19.5. The van der Waals surface area contributed by atoms with Crippen LogP contribution in [0.3, 0.4) is 0 Å². The van der Waals surface area contributed by atoms with E-state index in [0.29, 0.717) is 39.1 Å². The van der Waals surface area contributed by atoms with E-state index >= 15 is 0 Å². The lowest BCUT2D eigenvalue weighted by atomic mass is 9.96. The fraction of sp³-hybridized carbons (Fsp3) is 0.290. The molecule has 0 aliphatic heterocycles. The Morgan fingerprint density at radius 2 is 1.88 bits per heavy atom. The minimum Gasteiger partial charge on any atom is -0.496 e. The topological polar surface area (TPSA) is 112 Å². The van der Waals surface area contributed by atoms with Gasteiger partial charge in [-0.1, -0.05) is 26.0 Å². The molecule has 0 spiro atoms. The monoisotopic (exact) mass is 621 g/mol. The summed E-state index contributed by atoms with van der Waals surface area (Å²) < 4.78 is 18.8. The van der Waals surface area contributed by atoms with Gasteiger partial charge in [-0.15, -0.1) is 0 Å². The van der Waals surface area contributed by atoms with Crippen LogP contribution in [0.15, 0.2) is 62.9 Å². The van der Waals surface area contributed by atoms with Crippen LogP contribution in [0.2, 0.25) is 0 Å². The SMILES string of the molecule is CCOc1cc(C=Nn2c(-c3cc(C(C)C)c(OC)cc3C)nc3ccccc3c2=O)cc(Br)c1O[C@H](C)C(=O)O. The average Bonchev–Trinajstić information content (AvgIpc) is 2.93. The second-order valence-electron chi connectivity index (χ2n) is 9.74. The van der Waals surface area contributed by atoms with Gasteiger partial charge in [0, 0.05) is 5.56 Å². The zero-order valence-electron chi connectivity index (χ0n) is 23.8. The van der Waals surface area contributed by atoms with Crippen LogP contribution in [0.25, 0.3) is 22.3 Å². The normalized spacial score (nSPS) is 12.2. The van der Waals surface area contributed by atoms with Crippen LogP contribution in [0.5, 0.6) is 17.2 Å². The van der Waals surface area contributed by atoms with E-state index in [4.69, 9.17) is 19.2 Å². The molecule has 3 aromatic carbocycles. The molecule has 4 rings (SSSR count). The first-order valence-electron chi connectivity index (χ1n) is 13.2. The molecule has 0 saturated heterocycles. The number of para-hydroxylation sites is 1. The highest BCUT2D eigenvalue weighted by molar-refractivity contribution is 9.10. The zero-order valence-corrected chi connectivity index (χ0v) is 25.4. The summed E-state index contributed by atoms with van der Waals surface area (Å²) in [5, 5.41) is 14.3. The van der Waals surface area contributed by atoms with Crippen molar-refractivity contribution < 1.29 is 24.1 Å². The number of aromatic nitrogens is 2. The summed E-state index contributed by atoms with van der Waals surface area (Å²) in [7, 11) is 1.64. The molecule has 4 aromatic rings. The fourth-order valence-electron chi connectivity index (χ4n) is 4.36. The van der Waals surface area contributed by atoms with Crippen LogP contribution >= 0.6 is 15.9 Å². The maximum atomic E-state index is 13.7. The molecule has 214 valence electrons. The summed E-state index contributed by atoms with van der Waals surface area (Å²) in [5.41, 5.74) is 3.47. The molecule has 0 saturated carbocycles. The number of benzene rings is 3. The number of hydrogen-bond donors (Lipinski definition) is 1. The van der Waals surface area contributed by atoms with Crippen molar-refractivity contribution in [1.82, 2.24) is 9.66 Å². The summed E-state index contributed by atoms with van der Waals surface area (Å²) in [4.78, 5) is 30.0. The van der Waals surface area contributed by atoms with Crippen LogP contribution < -0.4 is 19.8 Å². The molecule has 1 heterocycles. The maximum Gasteiger partial charge on any atom is 0.344 e. The average molecular weight is 623 g/mol. The Morgan fingerprint density at radius 1 is 1.15 bits per heavy atom. The van der Waals surface area contributed by atoms with Crippen LogP contribution in [0.4, 0.5) is 0 Å². The Labute approximate surface area is 246 Å². The number of aliphatic carboxylic acids is 1. The molecule has 0 amide bonds. The molecule has 1 N–H and O–H groups in total. The van der Waals surface area contributed by atoms with Gasteiger partial charge in [0.05, 0.1) is 35.3 Å². The van der Waals surface area contributed by atoms with Gasteiger partial charge in [-0.25, -0.2) is 9.78 Å². The molecule has 0 radical (unpaired) electrons. The second-order valence-corrected chi connectivity index (χ2v) is 10.6. The molecule has 0 fully saturated rings. The van der Waals surface area contributed by atoms with E-state index in [1.165, 1.54) is 17.8 Å². The third-order valence-electron chi connectivity index (χ3n) is 6.49. The minimum atomic E-state index is -1.10. The van der Waals surface area contributed by atoms with Gasteiger partial charge >= 0.3 is 5.97 Å². The predicted octanol–water partition coefficient (Wildman–Crippen LogP) is 6.40. The molecule has 0 aliphatic rings. The number of hydrogen-bond acceptors (Lipinski definition) is 7. The summed E-state index contributed by atoms with van der Waals surface area (Å²) in [6.45, 7) is 9.68. The minimum absolute atomic E-state index is 0.173. The molecule has 9 nitrogen and oxygen atoms in total. The number of methoxy groups -OCH3 is 1. The largest absolute Gasteiger partial charge is 0.496 e. The molecule has 41 heavy (non-hydrogen) atoms. The van der Waals surface area contributed by atoms with E-state index in [1.54, 1.807) is 37.4 Å². The molecule has 1 aromatic heterocycles. The van der Waals surface area contributed by atoms with Crippen molar-refractivity contribution in [3.63, 3.8) is 0 Å². The Morgan fingerprint density at radius 3 is 2.54 bits per heavy atom. The first-order valence-corrected chi connectivity index (χ1v) is 14.0. The fourth-order valence-corrected chi connectivity index (χ4v) is 4.92. The number of carbonyl (C=O) groups is 1. The number of carboxylic acid groups (broad SMARTS) is 1. The number of aryl methyl sites for hydroxylation is 1. The van der Waals surface area contributed by atoms with E-state index in [0.717, 1.165) is 22.4 Å². The van der Waals surface area contributed by atoms with Crippen molar-refractivity contribution in [3.05, 3.63) is 80.0 Å². The molecule has 10 heteroatoms.